The van der Waals surface area contributed by atoms with Crippen molar-refractivity contribution in [3.8, 4) is 0 Å². The first-order valence-corrected chi connectivity index (χ1v) is 3.31. The highest BCUT2D eigenvalue weighted by Crippen LogP contribution is 2.15. The summed E-state index contributed by atoms with van der Waals surface area (Å²) in [5.74, 6) is 0. The number of hydrogen-bond donors (Lipinski definition) is 3. The Kier molecular flexibility index (Phi) is 2.40. The molecule has 0 radical (unpaired) electrons. The highest BCUT2D eigenvalue weighted by atomic mass is 16.3. The Balaban J connectivity index is 2.93. The van der Waals surface area contributed by atoms with Crippen molar-refractivity contribution >= 4 is 5.69 Å². The quantitative estimate of drug-likeness (QED) is 0.542. The average Bonchev–Trinajstić information content (AvgIpc) is 2.04. The number of nitrogens with zero attached hydrogens (tertiary/aromatic N) is 1. The maximum absolute atomic E-state index is 8.71. The zero-order valence-electron chi connectivity index (χ0n) is 6.07. The second kappa shape index (κ2) is 3.32. The summed E-state index contributed by atoms with van der Waals surface area (Å²) in [7, 11) is 0. The summed E-state index contributed by atoms with van der Waals surface area (Å²) in [5.41, 5.74) is 12.3. The van der Waals surface area contributed by atoms with Gasteiger partial charge in [0.2, 0.25) is 0 Å². The maximum atomic E-state index is 8.71. The van der Waals surface area contributed by atoms with Gasteiger partial charge in [-0.3, -0.25) is 4.98 Å². The van der Waals surface area contributed by atoms with Gasteiger partial charge < -0.3 is 16.6 Å². The van der Waals surface area contributed by atoms with Crippen LogP contribution in [0.15, 0.2) is 18.5 Å². The summed E-state index contributed by atoms with van der Waals surface area (Å²) in [5, 5.41) is 8.71. The molecular formula is C7H11N3O. The van der Waals surface area contributed by atoms with Crippen molar-refractivity contribution in [2.45, 2.75) is 6.04 Å². The van der Waals surface area contributed by atoms with E-state index in [9.17, 15) is 0 Å². The van der Waals surface area contributed by atoms with Gasteiger partial charge in [0.25, 0.3) is 0 Å². The molecule has 0 bridgehead atoms. The minimum absolute atomic E-state index is 0.103. The highest BCUT2D eigenvalue weighted by Gasteiger charge is 2.06. The van der Waals surface area contributed by atoms with Crippen molar-refractivity contribution in [3.63, 3.8) is 0 Å². The van der Waals surface area contributed by atoms with Gasteiger partial charge in [-0.1, -0.05) is 0 Å². The minimum atomic E-state index is -0.405. The monoisotopic (exact) mass is 153 g/mol. The lowest BCUT2D eigenvalue weighted by molar-refractivity contribution is 0.268. The van der Waals surface area contributed by atoms with E-state index in [-0.39, 0.29) is 6.61 Å². The number of anilines is 1. The third kappa shape index (κ3) is 1.66. The van der Waals surface area contributed by atoms with Gasteiger partial charge in [0, 0.05) is 6.20 Å². The molecule has 60 valence electrons. The molecule has 5 N–H and O–H groups in total. The third-order valence-corrected chi connectivity index (χ3v) is 1.48. The number of pyridine rings is 1. The Morgan fingerprint density at radius 1 is 1.64 bits per heavy atom. The first-order chi connectivity index (χ1) is 5.25. The fourth-order valence-corrected chi connectivity index (χ4v) is 0.853. The first-order valence-electron chi connectivity index (χ1n) is 3.31. The normalized spacial score (nSPS) is 12.9. The van der Waals surface area contributed by atoms with Gasteiger partial charge in [0.15, 0.2) is 0 Å². The molecule has 4 nitrogen and oxygen atoms in total. The molecule has 0 amide bonds. The molecule has 1 atom stereocenters. The number of nitrogens with two attached hydrogens (primary N) is 2. The zero-order chi connectivity index (χ0) is 8.27. The van der Waals surface area contributed by atoms with E-state index in [1.54, 1.807) is 12.3 Å². The second-order valence-electron chi connectivity index (χ2n) is 2.29. The van der Waals surface area contributed by atoms with Crippen molar-refractivity contribution in [2.24, 2.45) is 5.73 Å². The first kappa shape index (κ1) is 7.97. The van der Waals surface area contributed by atoms with E-state index in [2.05, 4.69) is 4.98 Å². The molecule has 0 spiro atoms. The third-order valence-electron chi connectivity index (χ3n) is 1.48. The summed E-state index contributed by atoms with van der Waals surface area (Å²) in [6.07, 6.45) is 3.12. The van der Waals surface area contributed by atoms with Crippen molar-refractivity contribution in [3.05, 3.63) is 24.0 Å². The van der Waals surface area contributed by atoms with Crippen LogP contribution in [0, 0.1) is 0 Å². The van der Waals surface area contributed by atoms with Crippen LogP contribution in [-0.4, -0.2) is 16.7 Å². The fourth-order valence-electron chi connectivity index (χ4n) is 0.853. The molecule has 0 aliphatic carbocycles. The van der Waals surface area contributed by atoms with E-state index < -0.39 is 6.04 Å². The summed E-state index contributed by atoms with van der Waals surface area (Å²) >= 11 is 0. The van der Waals surface area contributed by atoms with Gasteiger partial charge in [-0.2, -0.15) is 0 Å². The molecule has 1 rings (SSSR count). The van der Waals surface area contributed by atoms with Crippen molar-refractivity contribution in [1.29, 1.82) is 0 Å². The molecule has 11 heavy (non-hydrogen) atoms. The Hall–Kier alpha value is -1.13. The van der Waals surface area contributed by atoms with E-state index in [1.165, 1.54) is 6.20 Å². The van der Waals surface area contributed by atoms with Crippen LogP contribution in [0.3, 0.4) is 0 Å². The average molecular weight is 153 g/mol. The fraction of sp³-hybridized carbons (Fsp3) is 0.286. The molecule has 4 heteroatoms. The van der Waals surface area contributed by atoms with Crippen LogP contribution < -0.4 is 11.5 Å². The number of aliphatic hydroxyl groups excluding tert-OH is 1. The summed E-state index contributed by atoms with van der Waals surface area (Å²) in [4.78, 5) is 3.80. The number of aliphatic hydroxyl groups is 1. The van der Waals surface area contributed by atoms with Crippen LogP contribution in [-0.2, 0) is 0 Å². The van der Waals surface area contributed by atoms with E-state index in [1.807, 2.05) is 0 Å². The molecule has 0 aromatic carbocycles. The number of aromatic nitrogens is 1. The van der Waals surface area contributed by atoms with Gasteiger partial charge in [-0.15, -0.1) is 0 Å². The van der Waals surface area contributed by atoms with Crippen LogP contribution in [0.4, 0.5) is 5.69 Å². The molecule has 1 unspecified atom stereocenters. The van der Waals surface area contributed by atoms with E-state index >= 15 is 0 Å². The van der Waals surface area contributed by atoms with Crippen molar-refractivity contribution in [2.75, 3.05) is 12.3 Å². The lowest BCUT2D eigenvalue weighted by atomic mass is 10.1. The predicted octanol–water partition coefficient (Wildman–Crippen LogP) is -0.344. The molecule has 0 aliphatic heterocycles. The smallest absolute Gasteiger partial charge is 0.0625 e. The topological polar surface area (TPSA) is 85.2 Å². The molecule has 0 aliphatic rings. The molecular weight excluding hydrogens is 142 g/mol. The van der Waals surface area contributed by atoms with Crippen LogP contribution in [0.2, 0.25) is 0 Å². The Bertz CT molecular complexity index is 239. The van der Waals surface area contributed by atoms with Crippen LogP contribution in [0.1, 0.15) is 11.6 Å². The molecule has 0 fully saturated rings. The van der Waals surface area contributed by atoms with Crippen LogP contribution in [0.5, 0.6) is 0 Å². The summed E-state index contributed by atoms with van der Waals surface area (Å²) in [6, 6.07) is 1.30. The summed E-state index contributed by atoms with van der Waals surface area (Å²) < 4.78 is 0. The molecule has 0 saturated carbocycles. The van der Waals surface area contributed by atoms with Crippen LogP contribution in [0.25, 0.3) is 0 Å². The Morgan fingerprint density at radius 3 is 2.91 bits per heavy atom. The molecule has 0 saturated heterocycles. The predicted molar refractivity (Wildman–Crippen MR) is 42.7 cm³/mol. The van der Waals surface area contributed by atoms with Crippen LogP contribution >= 0.6 is 0 Å². The van der Waals surface area contributed by atoms with Gasteiger partial charge in [-0.25, -0.2) is 0 Å². The van der Waals surface area contributed by atoms with Gasteiger partial charge in [0.05, 0.1) is 24.5 Å². The Labute approximate surface area is 64.9 Å². The minimum Gasteiger partial charge on any atom is -0.397 e. The SMILES string of the molecule is Nc1cnccc1C(N)CO. The summed E-state index contributed by atoms with van der Waals surface area (Å²) in [6.45, 7) is -0.103. The highest BCUT2D eigenvalue weighted by molar-refractivity contribution is 5.45. The van der Waals surface area contributed by atoms with Gasteiger partial charge in [0.1, 0.15) is 0 Å². The number of rotatable bonds is 2. The molecule has 1 heterocycles. The standard InChI is InChI=1S/C7H11N3O/c8-6-3-10-2-1-5(6)7(9)4-11/h1-3,7,11H,4,8-9H2. The van der Waals surface area contributed by atoms with E-state index in [0.29, 0.717) is 5.69 Å². The molecule has 1 aromatic rings. The lowest BCUT2D eigenvalue weighted by Gasteiger charge is -2.09. The van der Waals surface area contributed by atoms with E-state index in [4.69, 9.17) is 16.6 Å². The van der Waals surface area contributed by atoms with E-state index in [0.717, 1.165) is 5.56 Å². The second-order valence-corrected chi connectivity index (χ2v) is 2.29. The maximum Gasteiger partial charge on any atom is 0.0625 e. The zero-order valence-corrected chi connectivity index (χ0v) is 6.07. The largest absolute Gasteiger partial charge is 0.397 e. The lowest BCUT2D eigenvalue weighted by Crippen LogP contribution is -2.16. The van der Waals surface area contributed by atoms with Crippen molar-refractivity contribution in [1.82, 2.24) is 4.98 Å². The molecule has 1 aromatic heterocycles. The van der Waals surface area contributed by atoms with Gasteiger partial charge in [-0.05, 0) is 11.6 Å². The van der Waals surface area contributed by atoms with Gasteiger partial charge >= 0.3 is 0 Å². The Morgan fingerprint density at radius 2 is 2.36 bits per heavy atom. The van der Waals surface area contributed by atoms with Crippen molar-refractivity contribution < 1.29 is 5.11 Å². The number of nitrogen functional groups attached to an aromatic ring is 1. The number of hydrogen-bond acceptors (Lipinski definition) is 4.